The number of hydrogen-bond acceptors (Lipinski definition) is 4. The van der Waals surface area contributed by atoms with E-state index in [2.05, 4.69) is 21.3 Å². The van der Waals surface area contributed by atoms with E-state index in [4.69, 9.17) is 4.74 Å². The first-order valence-corrected chi connectivity index (χ1v) is 8.94. The fourth-order valence-electron chi connectivity index (χ4n) is 1.85. The Labute approximate surface area is 157 Å². The third-order valence-electron chi connectivity index (χ3n) is 3.04. The number of benzene rings is 2. The summed E-state index contributed by atoms with van der Waals surface area (Å²) in [7, 11) is -4.00. The predicted molar refractivity (Wildman–Crippen MR) is 87.9 cm³/mol. The fourth-order valence-corrected chi connectivity index (χ4v) is 2.78. The van der Waals surface area contributed by atoms with Crippen LogP contribution in [0, 0.1) is 23.5 Å². The van der Waals surface area contributed by atoms with Crippen LogP contribution in [0.15, 0.2) is 47.4 Å². The largest absolute Gasteiger partial charge is 0.573 e. The first kappa shape index (κ1) is 21.5. The SMILES string of the molecule is O=S(=O)(NCC#CCOc1ccc(F)cc1F)c1ccc(OC(F)(F)F)cc1. The van der Waals surface area contributed by atoms with Crippen LogP contribution < -0.4 is 14.2 Å². The van der Waals surface area contributed by atoms with Crippen LogP contribution in [0.2, 0.25) is 0 Å². The highest BCUT2D eigenvalue weighted by molar-refractivity contribution is 7.89. The van der Waals surface area contributed by atoms with Gasteiger partial charge in [-0.3, -0.25) is 0 Å². The molecule has 5 nitrogen and oxygen atoms in total. The van der Waals surface area contributed by atoms with Crippen LogP contribution in [0.3, 0.4) is 0 Å². The normalized spacial score (nSPS) is 11.5. The second-order valence-electron chi connectivity index (χ2n) is 5.06. The van der Waals surface area contributed by atoms with Gasteiger partial charge in [0, 0.05) is 6.07 Å². The molecule has 28 heavy (non-hydrogen) atoms. The number of nitrogens with one attached hydrogen (secondary N) is 1. The summed E-state index contributed by atoms with van der Waals surface area (Å²) in [6.07, 6.45) is -4.88. The lowest BCUT2D eigenvalue weighted by Gasteiger charge is -2.09. The van der Waals surface area contributed by atoms with Crippen LogP contribution in [0.25, 0.3) is 0 Å². The quantitative estimate of drug-likeness (QED) is 0.575. The van der Waals surface area contributed by atoms with Gasteiger partial charge in [-0.15, -0.1) is 13.2 Å². The molecule has 0 bridgehead atoms. The van der Waals surface area contributed by atoms with Gasteiger partial charge >= 0.3 is 6.36 Å². The average molecular weight is 421 g/mol. The Morgan fingerprint density at radius 2 is 1.68 bits per heavy atom. The highest BCUT2D eigenvalue weighted by atomic mass is 32.2. The average Bonchev–Trinajstić information content (AvgIpc) is 2.58. The summed E-state index contributed by atoms with van der Waals surface area (Å²) in [5.41, 5.74) is 0. The Balaban J connectivity index is 1.86. The second kappa shape index (κ2) is 8.90. The van der Waals surface area contributed by atoms with Gasteiger partial charge in [-0.25, -0.2) is 17.2 Å². The molecule has 0 aliphatic rings. The molecule has 11 heteroatoms. The molecule has 0 aliphatic heterocycles. The molecule has 0 aliphatic carbocycles. The minimum atomic E-state index is -4.88. The van der Waals surface area contributed by atoms with Crippen molar-refractivity contribution in [3.05, 3.63) is 54.1 Å². The molecule has 0 amide bonds. The van der Waals surface area contributed by atoms with Gasteiger partial charge in [-0.1, -0.05) is 11.8 Å². The van der Waals surface area contributed by atoms with E-state index in [-0.39, 0.29) is 23.8 Å². The van der Waals surface area contributed by atoms with Gasteiger partial charge in [0.1, 0.15) is 18.2 Å². The van der Waals surface area contributed by atoms with E-state index in [0.29, 0.717) is 6.07 Å². The van der Waals surface area contributed by atoms with E-state index in [1.807, 2.05) is 0 Å². The van der Waals surface area contributed by atoms with Gasteiger partial charge in [0.05, 0.1) is 11.4 Å². The van der Waals surface area contributed by atoms with E-state index >= 15 is 0 Å². The first-order valence-electron chi connectivity index (χ1n) is 7.46. The standard InChI is InChI=1S/C17H12F5NO4S/c18-12-3-8-16(15(19)11-12)26-10-2-1-9-23-28(24,25)14-6-4-13(5-7-14)27-17(20,21)22/h3-8,11,23H,9-10H2. The van der Waals surface area contributed by atoms with Gasteiger partial charge in [-0.2, -0.15) is 4.72 Å². The van der Waals surface area contributed by atoms with Crippen molar-refractivity contribution < 1.29 is 39.8 Å². The van der Waals surface area contributed by atoms with Crippen molar-refractivity contribution in [2.75, 3.05) is 13.2 Å². The molecule has 0 atom stereocenters. The number of hydrogen-bond donors (Lipinski definition) is 1. The number of rotatable bonds is 6. The smallest absolute Gasteiger partial charge is 0.478 e. The van der Waals surface area contributed by atoms with Crippen molar-refractivity contribution in [3.8, 4) is 23.3 Å². The summed E-state index contributed by atoms with van der Waals surface area (Å²) < 4.78 is 97.0. The monoisotopic (exact) mass is 421 g/mol. The lowest BCUT2D eigenvalue weighted by Crippen LogP contribution is -2.24. The van der Waals surface area contributed by atoms with E-state index in [9.17, 15) is 30.4 Å². The molecular formula is C17H12F5NO4S. The summed E-state index contributed by atoms with van der Waals surface area (Å²) >= 11 is 0. The minimum Gasteiger partial charge on any atom is -0.478 e. The van der Waals surface area contributed by atoms with E-state index < -0.39 is 33.8 Å². The van der Waals surface area contributed by atoms with Crippen LogP contribution in [0.1, 0.15) is 0 Å². The van der Waals surface area contributed by atoms with Crippen molar-refractivity contribution in [3.63, 3.8) is 0 Å². The minimum absolute atomic E-state index is 0.211. The highest BCUT2D eigenvalue weighted by Gasteiger charge is 2.31. The molecule has 2 rings (SSSR count). The second-order valence-corrected chi connectivity index (χ2v) is 6.83. The van der Waals surface area contributed by atoms with Crippen molar-refractivity contribution >= 4 is 10.0 Å². The van der Waals surface area contributed by atoms with Gasteiger partial charge in [-0.05, 0) is 36.4 Å². The summed E-state index contributed by atoms with van der Waals surface area (Å²) in [5, 5.41) is 0. The maximum Gasteiger partial charge on any atom is 0.573 e. The molecule has 0 radical (unpaired) electrons. The van der Waals surface area contributed by atoms with Crippen LogP contribution in [-0.2, 0) is 10.0 Å². The molecule has 2 aromatic carbocycles. The summed E-state index contributed by atoms with van der Waals surface area (Å²) in [4.78, 5) is -0.284. The van der Waals surface area contributed by atoms with Gasteiger partial charge < -0.3 is 9.47 Å². The highest BCUT2D eigenvalue weighted by Crippen LogP contribution is 2.23. The number of halogens is 5. The zero-order valence-corrected chi connectivity index (χ0v) is 14.7. The Bertz CT molecular complexity index is 979. The molecule has 2 aromatic rings. The first-order chi connectivity index (χ1) is 13.1. The predicted octanol–water partition coefficient (Wildman–Crippen LogP) is 3.22. The van der Waals surface area contributed by atoms with E-state index in [1.165, 1.54) is 0 Å². The Morgan fingerprint density at radius 1 is 1.00 bits per heavy atom. The summed E-state index contributed by atoms with van der Waals surface area (Å²) in [5.74, 6) is 2.42. The molecular weight excluding hydrogens is 409 g/mol. The van der Waals surface area contributed by atoms with Gasteiger partial charge in [0.25, 0.3) is 0 Å². The van der Waals surface area contributed by atoms with Gasteiger partial charge in [0.15, 0.2) is 11.6 Å². The molecule has 150 valence electrons. The Morgan fingerprint density at radius 3 is 2.29 bits per heavy atom. The third-order valence-corrected chi connectivity index (χ3v) is 4.45. The molecule has 0 spiro atoms. The van der Waals surface area contributed by atoms with Crippen LogP contribution >= 0.6 is 0 Å². The molecule has 0 fully saturated rings. The van der Waals surface area contributed by atoms with Crippen LogP contribution in [-0.4, -0.2) is 27.9 Å². The zero-order chi connectivity index (χ0) is 20.8. The topological polar surface area (TPSA) is 64.6 Å². The van der Waals surface area contributed by atoms with Crippen molar-refractivity contribution in [2.45, 2.75) is 11.3 Å². The fraction of sp³-hybridized carbons (Fsp3) is 0.176. The van der Waals surface area contributed by atoms with E-state index in [0.717, 1.165) is 36.4 Å². The van der Waals surface area contributed by atoms with Crippen molar-refractivity contribution in [1.29, 1.82) is 0 Å². The number of sulfonamides is 1. The molecule has 0 saturated carbocycles. The zero-order valence-electron chi connectivity index (χ0n) is 13.9. The summed E-state index contributed by atoms with van der Waals surface area (Å²) in [6.45, 7) is -0.591. The molecule has 0 unspecified atom stereocenters. The molecule has 0 saturated heterocycles. The number of alkyl halides is 3. The lowest BCUT2D eigenvalue weighted by atomic mass is 10.3. The Kier molecular flexibility index (Phi) is 6.82. The Hall–Kier alpha value is -2.84. The van der Waals surface area contributed by atoms with E-state index in [1.54, 1.807) is 0 Å². The number of ether oxygens (including phenoxy) is 2. The van der Waals surface area contributed by atoms with Crippen molar-refractivity contribution in [1.82, 2.24) is 4.72 Å². The molecule has 1 N–H and O–H groups in total. The lowest BCUT2D eigenvalue weighted by molar-refractivity contribution is -0.274. The maximum absolute atomic E-state index is 13.3. The summed E-state index contributed by atoms with van der Waals surface area (Å²) in [6, 6.07) is 6.33. The molecule has 0 aromatic heterocycles. The van der Waals surface area contributed by atoms with Crippen LogP contribution in [0.5, 0.6) is 11.5 Å². The molecule has 0 heterocycles. The van der Waals surface area contributed by atoms with Crippen LogP contribution in [0.4, 0.5) is 22.0 Å². The van der Waals surface area contributed by atoms with Crippen molar-refractivity contribution in [2.24, 2.45) is 0 Å². The third kappa shape index (κ3) is 6.71. The van der Waals surface area contributed by atoms with Gasteiger partial charge in [0.2, 0.25) is 10.0 Å². The maximum atomic E-state index is 13.3.